The summed E-state index contributed by atoms with van der Waals surface area (Å²) in [6.07, 6.45) is 3.34. The standard InChI is InChI=1S/C18H18ClN3O3S/c1-2-3-8-21-17(24)16-14(7-9-26-16)22(18(21)25)11-15(23)20-13-6-4-5-12(19)10-13/h4-7,9-10,16H,2-3,8,11H2,1H3/p+1. The van der Waals surface area contributed by atoms with Crippen molar-refractivity contribution in [3.63, 3.8) is 0 Å². The number of nitrogens with one attached hydrogen (secondary N) is 1. The Kier molecular flexibility index (Phi) is 5.78. The van der Waals surface area contributed by atoms with E-state index in [1.807, 2.05) is 6.92 Å². The molecule has 0 bridgehead atoms. The molecule has 8 heteroatoms. The van der Waals surface area contributed by atoms with Gasteiger partial charge in [-0.05, 0) is 36.1 Å². The molecule has 4 amide bonds. The predicted octanol–water partition coefficient (Wildman–Crippen LogP) is 3.12. The molecule has 1 aromatic rings. The molecule has 1 atom stereocenters. The summed E-state index contributed by atoms with van der Waals surface area (Å²) in [4.78, 5) is 39.0. The Hall–Kier alpha value is -2.12. The minimum absolute atomic E-state index is 0.155. The monoisotopic (exact) mass is 392 g/mol. The highest BCUT2D eigenvalue weighted by Gasteiger charge is 2.48. The third-order valence-corrected chi connectivity index (χ3v) is 5.37. The molecule has 1 aromatic carbocycles. The third-order valence-electron chi connectivity index (χ3n) is 4.13. The normalized spacial score (nSPS) is 19.2. The summed E-state index contributed by atoms with van der Waals surface area (Å²) < 4.78 is 1.39. The van der Waals surface area contributed by atoms with Crippen LogP contribution in [0.2, 0.25) is 5.02 Å². The van der Waals surface area contributed by atoms with Crippen molar-refractivity contribution in [3.05, 3.63) is 40.8 Å². The summed E-state index contributed by atoms with van der Waals surface area (Å²) in [5.41, 5.74) is 1.13. The van der Waals surface area contributed by atoms with Crippen molar-refractivity contribution >= 4 is 52.6 Å². The van der Waals surface area contributed by atoms with Gasteiger partial charge in [0.25, 0.3) is 5.91 Å². The molecular weight excluding hydrogens is 374 g/mol. The van der Waals surface area contributed by atoms with Crippen LogP contribution in [0.25, 0.3) is 0 Å². The van der Waals surface area contributed by atoms with Crippen LogP contribution in [0.3, 0.4) is 0 Å². The van der Waals surface area contributed by atoms with Gasteiger partial charge in [-0.25, -0.2) is 4.79 Å². The number of hydrogen-bond acceptors (Lipinski definition) is 4. The van der Waals surface area contributed by atoms with Gasteiger partial charge in [0.15, 0.2) is 11.8 Å². The van der Waals surface area contributed by atoms with Gasteiger partial charge in [0.05, 0.1) is 6.54 Å². The number of benzene rings is 1. The largest absolute Gasteiger partial charge is 0.501 e. The Morgan fingerprint density at radius 1 is 1.38 bits per heavy atom. The number of thioether (sulfide) groups is 1. The average molecular weight is 393 g/mol. The number of urea groups is 1. The van der Waals surface area contributed by atoms with Gasteiger partial charge in [0.1, 0.15) is 5.71 Å². The molecule has 6 nitrogen and oxygen atoms in total. The van der Waals surface area contributed by atoms with Crippen molar-refractivity contribution < 1.29 is 19.0 Å². The van der Waals surface area contributed by atoms with Crippen LogP contribution in [0.15, 0.2) is 35.7 Å². The fourth-order valence-corrected chi connectivity index (χ4v) is 4.00. The van der Waals surface area contributed by atoms with Gasteiger partial charge in [-0.3, -0.25) is 4.79 Å². The smallest absolute Gasteiger partial charge is 0.323 e. The van der Waals surface area contributed by atoms with Crippen LogP contribution in [-0.4, -0.2) is 51.4 Å². The molecule has 3 rings (SSSR count). The molecular formula is C18H19ClN3O3S+. The van der Waals surface area contributed by atoms with Crippen molar-refractivity contribution in [2.24, 2.45) is 0 Å². The van der Waals surface area contributed by atoms with Gasteiger partial charge in [0.2, 0.25) is 0 Å². The van der Waals surface area contributed by atoms with E-state index in [2.05, 4.69) is 5.32 Å². The lowest BCUT2D eigenvalue weighted by molar-refractivity contribution is -0.425. The zero-order chi connectivity index (χ0) is 18.7. The number of halogens is 1. The molecule has 0 aliphatic carbocycles. The molecule has 2 aliphatic heterocycles. The molecule has 0 saturated carbocycles. The van der Waals surface area contributed by atoms with Crippen LogP contribution < -0.4 is 5.32 Å². The van der Waals surface area contributed by atoms with E-state index in [-0.39, 0.29) is 18.4 Å². The van der Waals surface area contributed by atoms with Crippen molar-refractivity contribution in [2.75, 3.05) is 18.4 Å². The highest BCUT2D eigenvalue weighted by molar-refractivity contribution is 8.04. The van der Waals surface area contributed by atoms with Gasteiger partial charge in [-0.15, -0.1) is 11.8 Å². The summed E-state index contributed by atoms with van der Waals surface area (Å²) in [7, 11) is 0. The second-order valence-corrected chi connectivity index (χ2v) is 7.47. The molecule has 0 aromatic heterocycles. The maximum absolute atomic E-state index is 12.8. The SMILES string of the molecule is CCCCN1C(=O)C2SC=CC2=[N+](CC(=O)Nc2cccc(Cl)c2)C1=O. The first-order valence-electron chi connectivity index (χ1n) is 8.38. The molecule has 2 aliphatic rings. The van der Waals surface area contributed by atoms with E-state index in [0.717, 1.165) is 12.8 Å². The Morgan fingerprint density at radius 3 is 2.92 bits per heavy atom. The number of carbonyl (C=O) groups excluding carboxylic acids is 3. The average Bonchev–Trinajstić information content (AvgIpc) is 3.08. The molecule has 136 valence electrons. The number of rotatable bonds is 6. The van der Waals surface area contributed by atoms with Crippen LogP contribution in [0.4, 0.5) is 10.5 Å². The number of imide groups is 1. The van der Waals surface area contributed by atoms with E-state index >= 15 is 0 Å². The predicted molar refractivity (Wildman–Crippen MR) is 103 cm³/mol. The molecule has 0 saturated heterocycles. The highest BCUT2D eigenvalue weighted by atomic mass is 35.5. The Bertz CT molecular complexity index is 822. The van der Waals surface area contributed by atoms with Crippen LogP contribution in [0.1, 0.15) is 19.8 Å². The van der Waals surface area contributed by atoms with Crippen molar-refractivity contribution in [1.82, 2.24) is 4.90 Å². The Morgan fingerprint density at radius 2 is 2.19 bits per heavy atom. The number of anilines is 1. The second-order valence-electron chi connectivity index (χ2n) is 6.01. The second kappa shape index (κ2) is 8.05. The van der Waals surface area contributed by atoms with Crippen LogP contribution >= 0.6 is 23.4 Å². The lowest BCUT2D eigenvalue weighted by atomic mass is 10.1. The van der Waals surface area contributed by atoms with Gasteiger partial charge in [-0.1, -0.05) is 31.0 Å². The summed E-state index contributed by atoms with van der Waals surface area (Å²) in [5, 5.41) is 4.58. The number of carbonyl (C=O) groups is 3. The highest BCUT2D eigenvalue weighted by Crippen LogP contribution is 2.28. The number of allylic oxidation sites excluding steroid dienone is 1. The fraction of sp³-hybridized carbons (Fsp3) is 0.333. The Balaban J connectivity index is 1.80. The Labute approximate surface area is 160 Å². The van der Waals surface area contributed by atoms with Gasteiger partial charge >= 0.3 is 11.9 Å². The zero-order valence-electron chi connectivity index (χ0n) is 14.3. The lowest BCUT2D eigenvalue weighted by Crippen LogP contribution is -2.56. The fourth-order valence-electron chi connectivity index (χ4n) is 2.84. The van der Waals surface area contributed by atoms with Gasteiger partial charge in [0, 0.05) is 10.7 Å². The first-order valence-corrected chi connectivity index (χ1v) is 9.70. The van der Waals surface area contributed by atoms with E-state index < -0.39 is 11.3 Å². The first-order chi connectivity index (χ1) is 12.5. The van der Waals surface area contributed by atoms with Crippen LogP contribution in [-0.2, 0) is 9.59 Å². The molecule has 2 heterocycles. The number of fused-ring (bicyclic) bond motifs is 1. The van der Waals surface area contributed by atoms with Crippen molar-refractivity contribution in [1.29, 1.82) is 0 Å². The molecule has 26 heavy (non-hydrogen) atoms. The summed E-state index contributed by atoms with van der Waals surface area (Å²) in [6.45, 7) is 2.21. The quantitative estimate of drug-likeness (QED) is 0.755. The van der Waals surface area contributed by atoms with Crippen LogP contribution in [0, 0.1) is 0 Å². The zero-order valence-corrected chi connectivity index (χ0v) is 15.8. The van der Waals surface area contributed by atoms with E-state index in [9.17, 15) is 14.4 Å². The number of amides is 4. The number of hydrogen-bond donors (Lipinski definition) is 1. The maximum atomic E-state index is 12.8. The summed E-state index contributed by atoms with van der Waals surface area (Å²) >= 11 is 7.28. The topological polar surface area (TPSA) is 69.5 Å². The van der Waals surface area contributed by atoms with Crippen LogP contribution in [0.5, 0.6) is 0 Å². The van der Waals surface area contributed by atoms with Crippen molar-refractivity contribution in [2.45, 2.75) is 25.0 Å². The molecule has 1 unspecified atom stereocenters. The minimum Gasteiger partial charge on any atom is -0.323 e. The van der Waals surface area contributed by atoms with E-state index in [1.54, 1.807) is 35.7 Å². The lowest BCUT2D eigenvalue weighted by Gasteiger charge is -2.24. The number of unbranched alkanes of at least 4 members (excludes halogenated alkanes) is 1. The maximum Gasteiger partial charge on any atom is 0.501 e. The van der Waals surface area contributed by atoms with Gasteiger partial charge in [-0.2, -0.15) is 14.3 Å². The van der Waals surface area contributed by atoms with E-state index in [4.69, 9.17) is 11.6 Å². The molecule has 1 N–H and O–H groups in total. The summed E-state index contributed by atoms with van der Waals surface area (Å²) in [6, 6.07) is 6.36. The minimum atomic E-state index is -0.455. The summed E-state index contributed by atoms with van der Waals surface area (Å²) in [5.74, 6) is -0.554. The third kappa shape index (κ3) is 3.83. The number of nitrogens with zero attached hydrogens (tertiary/aromatic N) is 2. The van der Waals surface area contributed by atoms with Gasteiger partial charge < -0.3 is 5.32 Å². The van der Waals surface area contributed by atoms with Crippen molar-refractivity contribution in [3.8, 4) is 0 Å². The molecule has 0 radical (unpaired) electrons. The molecule has 0 fully saturated rings. The molecule has 0 spiro atoms. The van der Waals surface area contributed by atoms with E-state index in [0.29, 0.717) is 23.0 Å². The van der Waals surface area contributed by atoms with E-state index in [1.165, 1.54) is 21.2 Å². The first kappa shape index (κ1) is 18.7.